The molecule has 3 aromatic rings. The smallest absolute Gasteiger partial charge is 0.457 e. The van der Waals surface area contributed by atoms with E-state index in [1.165, 1.54) is 42.7 Å². The maximum absolute atomic E-state index is 12.3. The van der Waals surface area contributed by atoms with Crippen LogP contribution in [0.1, 0.15) is 42.1 Å². The lowest BCUT2D eigenvalue weighted by molar-refractivity contribution is -0.274. The minimum atomic E-state index is -4.74. The molecule has 0 aliphatic carbocycles. The Labute approximate surface area is 179 Å². The van der Waals surface area contributed by atoms with Gasteiger partial charge in [-0.2, -0.15) is 0 Å². The van der Waals surface area contributed by atoms with Gasteiger partial charge in [0.2, 0.25) is 0 Å². The van der Waals surface area contributed by atoms with E-state index in [0.29, 0.717) is 34.5 Å². The number of rotatable bonds is 9. The predicted molar refractivity (Wildman–Crippen MR) is 114 cm³/mol. The van der Waals surface area contributed by atoms with E-state index in [2.05, 4.69) is 11.7 Å². The van der Waals surface area contributed by atoms with Crippen LogP contribution >= 0.6 is 0 Å². The minimum absolute atomic E-state index is 0.295. The Morgan fingerprint density at radius 1 is 0.839 bits per heavy atom. The second-order valence-corrected chi connectivity index (χ2v) is 7.15. The van der Waals surface area contributed by atoms with Gasteiger partial charge in [0.25, 0.3) is 0 Å². The summed E-state index contributed by atoms with van der Waals surface area (Å²) < 4.78 is 46.8. The van der Waals surface area contributed by atoms with Crippen molar-refractivity contribution in [3.8, 4) is 28.4 Å². The molecule has 0 spiro atoms. The number of carbonyl (C=O) groups excluding carboxylic acids is 1. The minimum Gasteiger partial charge on any atom is -0.457 e. The summed E-state index contributed by atoms with van der Waals surface area (Å²) in [6.45, 7) is 2.17. The fraction of sp³-hybridized carbons (Fsp3) is 0.240. The number of hydrogen-bond donors (Lipinski definition) is 0. The molecule has 3 rings (SSSR count). The summed E-state index contributed by atoms with van der Waals surface area (Å²) in [4.78, 5) is 11.4. The van der Waals surface area contributed by atoms with Crippen LogP contribution in [0.5, 0.6) is 17.2 Å². The van der Waals surface area contributed by atoms with Gasteiger partial charge in [0.1, 0.15) is 17.2 Å². The molecule has 0 fully saturated rings. The van der Waals surface area contributed by atoms with Crippen LogP contribution < -0.4 is 9.47 Å². The molecule has 6 heteroatoms. The molecule has 0 heterocycles. The highest BCUT2D eigenvalue weighted by Gasteiger charge is 2.30. The van der Waals surface area contributed by atoms with Crippen LogP contribution in [0.4, 0.5) is 13.2 Å². The van der Waals surface area contributed by atoms with Gasteiger partial charge in [-0.3, -0.25) is 4.79 Å². The second kappa shape index (κ2) is 10.2. The van der Waals surface area contributed by atoms with Crippen molar-refractivity contribution < 1.29 is 27.4 Å². The summed E-state index contributed by atoms with van der Waals surface area (Å²) in [6.07, 6.45) is 0.484. The topological polar surface area (TPSA) is 35.5 Å². The molecule has 31 heavy (non-hydrogen) atoms. The van der Waals surface area contributed by atoms with Crippen LogP contribution in [0, 0.1) is 0 Å². The summed E-state index contributed by atoms with van der Waals surface area (Å²) in [5.41, 5.74) is 2.98. The molecule has 0 bridgehead atoms. The number of ether oxygens (including phenoxy) is 2. The fourth-order valence-corrected chi connectivity index (χ4v) is 3.18. The summed E-state index contributed by atoms with van der Waals surface area (Å²) in [6, 6.07) is 18.3. The van der Waals surface area contributed by atoms with Crippen molar-refractivity contribution in [2.45, 2.75) is 39.0 Å². The first-order valence-electron chi connectivity index (χ1n) is 10.1. The molecule has 162 valence electrons. The molecule has 3 nitrogen and oxygen atoms in total. The van der Waals surface area contributed by atoms with Gasteiger partial charge in [-0.25, -0.2) is 0 Å². The average Bonchev–Trinajstić information content (AvgIpc) is 2.74. The lowest BCUT2D eigenvalue weighted by Gasteiger charge is -2.12. The van der Waals surface area contributed by atoms with E-state index in [-0.39, 0.29) is 5.75 Å². The molecule has 0 atom stereocenters. The fourth-order valence-electron chi connectivity index (χ4n) is 3.18. The zero-order chi connectivity index (χ0) is 22.3. The van der Waals surface area contributed by atoms with E-state index in [0.717, 1.165) is 12.8 Å². The van der Waals surface area contributed by atoms with Gasteiger partial charge in [-0.05, 0) is 65.9 Å². The zero-order valence-corrected chi connectivity index (χ0v) is 17.1. The van der Waals surface area contributed by atoms with E-state index >= 15 is 0 Å². The summed E-state index contributed by atoms with van der Waals surface area (Å²) >= 11 is 0. The molecule has 3 aromatic carbocycles. The Bertz CT molecular complexity index is 994. The number of hydrogen-bond acceptors (Lipinski definition) is 3. The molecule has 0 saturated carbocycles. The highest BCUT2D eigenvalue weighted by molar-refractivity contribution is 5.82. The normalized spacial score (nSPS) is 11.2. The number of aryl methyl sites for hydroxylation is 1. The Kier molecular flexibility index (Phi) is 7.34. The Morgan fingerprint density at radius 3 is 2.10 bits per heavy atom. The zero-order valence-electron chi connectivity index (χ0n) is 17.1. The van der Waals surface area contributed by atoms with Crippen molar-refractivity contribution in [3.63, 3.8) is 0 Å². The van der Waals surface area contributed by atoms with Gasteiger partial charge in [0.05, 0.1) is 5.56 Å². The summed E-state index contributed by atoms with van der Waals surface area (Å²) in [5.74, 6) is 0.687. The summed E-state index contributed by atoms with van der Waals surface area (Å²) in [7, 11) is 0. The molecule has 0 saturated heterocycles. The predicted octanol–water partition coefficient (Wildman–Crippen LogP) is 7.59. The molecular formula is C25H23F3O3. The van der Waals surface area contributed by atoms with Crippen molar-refractivity contribution in [2.75, 3.05) is 0 Å². The van der Waals surface area contributed by atoms with Crippen molar-refractivity contribution in [2.24, 2.45) is 0 Å². The van der Waals surface area contributed by atoms with E-state index in [4.69, 9.17) is 4.74 Å². The molecule has 0 aliphatic rings. The van der Waals surface area contributed by atoms with Gasteiger partial charge >= 0.3 is 6.36 Å². The van der Waals surface area contributed by atoms with Crippen LogP contribution in [0.2, 0.25) is 0 Å². The Morgan fingerprint density at radius 2 is 1.48 bits per heavy atom. The van der Waals surface area contributed by atoms with Gasteiger partial charge in [-0.1, -0.05) is 50.1 Å². The molecule has 0 radical (unpaired) electrons. The van der Waals surface area contributed by atoms with E-state index in [1.807, 2.05) is 24.3 Å². The van der Waals surface area contributed by atoms with Crippen LogP contribution in [0.3, 0.4) is 0 Å². The lowest BCUT2D eigenvalue weighted by atomic mass is 10.0. The van der Waals surface area contributed by atoms with Gasteiger partial charge < -0.3 is 9.47 Å². The Balaban J connectivity index is 1.77. The maximum Gasteiger partial charge on any atom is 0.573 e. The number of halogens is 3. The standard InChI is InChI=1S/C25H23F3O3/c1-2-3-4-5-18-6-12-22(13-7-18)30-24-16-20(8-9-21(24)17-29)19-10-14-23(15-11-19)31-25(26,27)28/h6-17H,2-5H2,1H3. The molecule has 0 aromatic heterocycles. The average molecular weight is 428 g/mol. The van der Waals surface area contributed by atoms with Crippen LogP contribution in [-0.4, -0.2) is 12.6 Å². The van der Waals surface area contributed by atoms with Crippen LogP contribution in [0.25, 0.3) is 11.1 Å². The molecule has 0 amide bonds. The SMILES string of the molecule is CCCCCc1ccc(Oc2cc(-c3ccc(OC(F)(F)F)cc3)ccc2C=O)cc1. The number of alkyl halides is 3. The van der Waals surface area contributed by atoms with E-state index in [9.17, 15) is 18.0 Å². The van der Waals surface area contributed by atoms with Crippen LogP contribution in [0.15, 0.2) is 66.7 Å². The van der Waals surface area contributed by atoms with Gasteiger partial charge in [-0.15, -0.1) is 13.2 Å². The number of benzene rings is 3. The second-order valence-electron chi connectivity index (χ2n) is 7.15. The third-order valence-corrected chi connectivity index (χ3v) is 4.78. The van der Waals surface area contributed by atoms with E-state index in [1.54, 1.807) is 18.2 Å². The van der Waals surface area contributed by atoms with Crippen molar-refractivity contribution in [1.82, 2.24) is 0 Å². The monoisotopic (exact) mass is 428 g/mol. The number of aldehydes is 1. The van der Waals surface area contributed by atoms with Crippen molar-refractivity contribution >= 4 is 6.29 Å². The first-order chi connectivity index (χ1) is 14.9. The number of unbranched alkanes of at least 4 members (excludes halogenated alkanes) is 2. The maximum atomic E-state index is 12.3. The first kappa shape index (κ1) is 22.4. The Hall–Kier alpha value is -3.28. The molecule has 0 aliphatic heterocycles. The van der Waals surface area contributed by atoms with Crippen molar-refractivity contribution in [1.29, 1.82) is 0 Å². The first-order valence-corrected chi connectivity index (χ1v) is 10.1. The lowest BCUT2D eigenvalue weighted by Crippen LogP contribution is -2.16. The highest BCUT2D eigenvalue weighted by Crippen LogP contribution is 2.32. The molecule has 0 N–H and O–H groups in total. The third kappa shape index (κ3) is 6.60. The molecular weight excluding hydrogens is 405 g/mol. The number of carbonyl (C=O) groups is 1. The summed E-state index contributed by atoms with van der Waals surface area (Å²) in [5, 5.41) is 0. The quantitative estimate of drug-likeness (QED) is 0.260. The van der Waals surface area contributed by atoms with Crippen LogP contribution in [-0.2, 0) is 6.42 Å². The van der Waals surface area contributed by atoms with Crippen molar-refractivity contribution in [3.05, 3.63) is 77.9 Å². The van der Waals surface area contributed by atoms with Gasteiger partial charge in [0.15, 0.2) is 6.29 Å². The highest BCUT2D eigenvalue weighted by atomic mass is 19.4. The third-order valence-electron chi connectivity index (χ3n) is 4.78. The van der Waals surface area contributed by atoms with E-state index < -0.39 is 6.36 Å². The largest absolute Gasteiger partial charge is 0.573 e. The molecule has 0 unspecified atom stereocenters. The van der Waals surface area contributed by atoms with Gasteiger partial charge in [0, 0.05) is 0 Å².